The lowest BCUT2D eigenvalue weighted by Gasteiger charge is -2.41. The van der Waals surface area contributed by atoms with Gasteiger partial charge in [0.2, 0.25) is 0 Å². The molecule has 98 valence electrons. The largest absolute Gasteiger partial charge is 0.493 e. The zero-order valence-corrected chi connectivity index (χ0v) is 11.1. The van der Waals surface area contributed by atoms with Crippen LogP contribution in [0.1, 0.15) is 25.5 Å². The van der Waals surface area contributed by atoms with Crippen molar-refractivity contribution in [3.05, 3.63) is 29.8 Å². The van der Waals surface area contributed by atoms with Gasteiger partial charge in [0.05, 0.1) is 19.8 Å². The molecule has 1 N–H and O–H groups in total. The van der Waals surface area contributed by atoms with Crippen LogP contribution in [0.15, 0.2) is 24.3 Å². The summed E-state index contributed by atoms with van der Waals surface area (Å²) in [5, 5.41) is 3.71. The number of benzene rings is 1. The Bertz CT molecular complexity index is 428. The lowest BCUT2D eigenvalue weighted by molar-refractivity contribution is -0.101. The van der Waals surface area contributed by atoms with Gasteiger partial charge < -0.3 is 14.8 Å². The summed E-state index contributed by atoms with van der Waals surface area (Å²) in [6.45, 7) is 8.07. The Kier molecular flexibility index (Phi) is 3.04. The van der Waals surface area contributed by atoms with E-state index in [1.54, 1.807) is 0 Å². The molecule has 0 spiro atoms. The summed E-state index contributed by atoms with van der Waals surface area (Å²) in [4.78, 5) is 0. The molecule has 2 atom stereocenters. The molecule has 0 aliphatic carbocycles. The maximum atomic E-state index is 5.77. The minimum absolute atomic E-state index is 0.312. The number of nitrogens with one attached hydrogen (secondary N) is 1. The summed E-state index contributed by atoms with van der Waals surface area (Å²) in [7, 11) is 0. The summed E-state index contributed by atoms with van der Waals surface area (Å²) < 4.78 is 11.1. The topological polar surface area (TPSA) is 30.5 Å². The van der Waals surface area contributed by atoms with E-state index in [4.69, 9.17) is 9.47 Å². The Morgan fingerprint density at radius 3 is 2.83 bits per heavy atom. The van der Waals surface area contributed by atoms with E-state index in [1.165, 1.54) is 5.56 Å². The quantitative estimate of drug-likeness (QED) is 0.889. The Morgan fingerprint density at radius 1 is 1.33 bits per heavy atom. The molecule has 1 aromatic rings. The highest BCUT2D eigenvalue weighted by molar-refractivity contribution is 5.37. The van der Waals surface area contributed by atoms with Crippen LogP contribution in [0.2, 0.25) is 0 Å². The van der Waals surface area contributed by atoms with Crippen molar-refractivity contribution >= 4 is 0 Å². The molecule has 1 fully saturated rings. The molecular weight excluding hydrogens is 226 g/mol. The van der Waals surface area contributed by atoms with E-state index in [2.05, 4.69) is 37.4 Å². The van der Waals surface area contributed by atoms with Gasteiger partial charge in [0.25, 0.3) is 0 Å². The number of ether oxygens (including phenoxy) is 2. The average molecular weight is 247 g/mol. The van der Waals surface area contributed by atoms with Crippen molar-refractivity contribution in [2.45, 2.75) is 19.9 Å². The van der Waals surface area contributed by atoms with Crippen molar-refractivity contribution in [1.29, 1.82) is 0 Å². The number of hydrogen-bond donors (Lipinski definition) is 1. The molecule has 0 bridgehead atoms. The van der Waals surface area contributed by atoms with Crippen LogP contribution in [0, 0.1) is 11.3 Å². The van der Waals surface area contributed by atoms with E-state index in [0.29, 0.717) is 17.4 Å². The van der Waals surface area contributed by atoms with Gasteiger partial charge in [-0.2, -0.15) is 0 Å². The maximum Gasteiger partial charge on any atom is 0.124 e. The third-order valence-electron chi connectivity index (χ3n) is 3.97. The average Bonchev–Trinajstić information content (AvgIpc) is 2.35. The van der Waals surface area contributed by atoms with E-state index in [-0.39, 0.29) is 0 Å². The Labute approximate surface area is 108 Å². The third-order valence-corrected chi connectivity index (χ3v) is 3.97. The van der Waals surface area contributed by atoms with Crippen LogP contribution in [0.4, 0.5) is 0 Å². The van der Waals surface area contributed by atoms with E-state index in [1.807, 2.05) is 6.07 Å². The van der Waals surface area contributed by atoms with Crippen LogP contribution in [0.3, 0.4) is 0 Å². The smallest absolute Gasteiger partial charge is 0.124 e. The first kappa shape index (κ1) is 12.0. The summed E-state index contributed by atoms with van der Waals surface area (Å²) in [6.07, 6.45) is 0. The zero-order valence-electron chi connectivity index (χ0n) is 11.1. The van der Waals surface area contributed by atoms with Crippen molar-refractivity contribution in [3.63, 3.8) is 0 Å². The van der Waals surface area contributed by atoms with Gasteiger partial charge in [-0.25, -0.2) is 0 Å². The highest BCUT2D eigenvalue weighted by Crippen LogP contribution is 2.36. The lowest BCUT2D eigenvalue weighted by Crippen LogP contribution is -2.49. The van der Waals surface area contributed by atoms with Gasteiger partial charge in [-0.05, 0) is 6.07 Å². The fourth-order valence-electron chi connectivity index (χ4n) is 2.71. The second-order valence-corrected chi connectivity index (χ2v) is 5.99. The molecule has 3 nitrogen and oxygen atoms in total. The third kappa shape index (κ3) is 2.13. The molecule has 1 saturated heterocycles. The number of fused-ring (bicyclic) bond motifs is 1. The first-order valence-corrected chi connectivity index (χ1v) is 6.71. The lowest BCUT2D eigenvalue weighted by atomic mass is 9.86. The monoisotopic (exact) mass is 247 g/mol. The van der Waals surface area contributed by atoms with Crippen LogP contribution in [-0.4, -0.2) is 26.4 Å². The molecule has 3 heteroatoms. The van der Waals surface area contributed by atoms with E-state index >= 15 is 0 Å². The summed E-state index contributed by atoms with van der Waals surface area (Å²) in [5.41, 5.74) is 1.60. The van der Waals surface area contributed by atoms with Crippen molar-refractivity contribution in [1.82, 2.24) is 5.32 Å². The first-order valence-electron chi connectivity index (χ1n) is 6.71. The number of rotatable bonds is 3. The molecular formula is C15H21NO2. The second kappa shape index (κ2) is 4.56. The molecule has 0 aromatic heterocycles. The maximum absolute atomic E-state index is 5.77. The fraction of sp³-hybridized carbons (Fsp3) is 0.600. The Balaban J connectivity index is 1.74. The minimum Gasteiger partial charge on any atom is -0.493 e. The Morgan fingerprint density at radius 2 is 2.11 bits per heavy atom. The summed E-state index contributed by atoms with van der Waals surface area (Å²) in [6, 6.07) is 8.75. The molecule has 2 heterocycles. The highest BCUT2D eigenvalue weighted by atomic mass is 16.5. The zero-order chi connectivity index (χ0) is 12.6. The van der Waals surface area contributed by atoms with Crippen LogP contribution in [0.25, 0.3) is 0 Å². The van der Waals surface area contributed by atoms with Crippen LogP contribution < -0.4 is 10.1 Å². The fourth-order valence-corrected chi connectivity index (χ4v) is 2.71. The first-order chi connectivity index (χ1) is 8.68. The molecule has 2 aliphatic heterocycles. The molecule has 0 amide bonds. The van der Waals surface area contributed by atoms with Gasteiger partial charge in [-0.3, -0.25) is 0 Å². The molecule has 3 rings (SSSR count). The predicted molar refractivity (Wildman–Crippen MR) is 70.8 cm³/mol. The van der Waals surface area contributed by atoms with Crippen LogP contribution >= 0.6 is 0 Å². The molecule has 0 radical (unpaired) electrons. The van der Waals surface area contributed by atoms with Gasteiger partial charge in [0.1, 0.15) is 5.75 Å². The number of para-hydroxylation sites is 1. The second-order valence-electron chi connectivity index (χ2n) is 5.99. The molecule has 18 heavy (non-hydrogen) atoms. The highest BCUT2D eigenvalue weighted by Gasteiger charge is 2.35. The standard InChI is InChI=1S/C15H21NO2/c1-11-7-18-13-6-4-3-5-12(13)14(11)16-8-15(2)9-17-10-15/h3-6,11,14,16H,7-10H2,1-2H3. The van der Waals surface area contributed by atoms with Gasteiger partial charge in [-0.15, -0.1) is 0 Å². The Hall–Kier alpha value is -1.06. The van der Waals surface area contributed by atoms with Crippen molar-refractivity contribution < 1.29 is 9.47 Å². The van der Waals surface area contributed by atoms with E-state index in [9.17, 15) is 0 Å². The van der Waals surface area contributed by atoms with Crippen LogP contribution in [0.5, 0.6) is 5.75 Å². The van der Waals surface area contributed by atoms with Gasteiger partial charge in [0, 0.05) is 29.5 Å². The molecule has 0 saturated carbocycles. The molecule has 1 aromatic carbocycles. The SMILES string of the molecule is CC1COc2ccccc2C1NCC1(C)COC1. The normalized spacial score (nSPS) is 29.0. The van der Waals surface area contributed by atoms with E-state index in [0.717, 1.165) is 32.1 Å². The van der Waals surface area contributed by atoms with Crippen molar-refractivity contribution in [2.24, 2.45) is 11.3 Å². The summed E-state index contributed by atoms with van der Waals surface area (Å²) >= 11 is 0. The van der Waals surface area contributed by atoms with Crippen LogP contribution in [-0.2, 0) is 4.74 Å². The molecule has 2 aliphatic rings. The van der Waals surface area contributed by atoms with Crippen molar-refractivity contribution in [2.75, 3.05) is 26.4 Å². The van der Waals surface area contributed by atoms with E-state index < -0.39 is 0 Å². The van der Waals surface area contributed by atoms with Gasteiger partial charge in [-0.1, -0.05) is 32.0 Å². The summed E-state index contributed by atoms with van der Waals surface area (Å²) in [5.74, 6) is 1.53. The van der Waals surface area contributed by atoms with Gasteiger partial charge >= 0.3 is 0 Å². The number of hydrogen-bond acceptors (Lipinski definition) is 3. The predicted octanol–water partition coefficient (Wildman–Crippen LogP) is 2.38. The van der Waals surface area contributed by atoms with Crippen molar-refractivity contribution in [3.8, 4) is 5.75 Å². The van der Waals surface area contributed by atoms with Gasteiger partial charge in [0.15, 0.2) is 0 Å². The minimum atomic E-state index is 0.312. The molecule has 2 unspecified atom stereocenters.